The lowest BCUT2D eigenvalue weighted by Gasteiger charge is -2.03. The number of nitrogens with zero attached hydrogens (tertiary/aromatic N) is 4. The van der Waals surface area contributed by atoms with E-state index in [1.807, 2.05) is 0 Å². The minimum absolute atomic E-state index is 0.0744. The minimum Gasteiger partial charge on any atom is -0.507 e. The number of phenols is 1. The Kier molecular flexibility index (Phi) is 5.41. The number of thiazole rings is 1. The molecule has 2 aromatic carbocycles. The van der Waals surface area contributed by atoms with Crippen LogP contribution in [0.1, 0.15) is 20.9 Å². The predicted octanol–water partition coefficient (Wildman–Crippen LogP) is 5.01. The molecule has 1 N–H and O–H groups in total. The number of carbonyl (C=O) groups is 1. The van der Waals surface area contributed by atoms with E-state index in [0.717, 1.165) is 11.3 Å². The minimum atomic E-state index is -0.698. The third kappa shape index (κ3) is 4.35. The van der Waals surface area contributed by atoms with Crippen LogP contribution in [-0.4, -0.2) is 21.0 Å². The monoisotopic (exact) mass is 398 g/mol. The lowest BCUT2D eigenvalue weighted by molar-refractivity contribution is -0.384. The van der Waals surface area contributed by atoms with Gasteiger partial charge in [0, 0.05) is 12.1 Å². The normalized spacial score (nSPS) is 10.9. The molecule has 0 aliphatic heterocycles. The molecule has 0 saturated heterocycles. The van der Waals surface area contributed by atoms with Gasteiger partial charge in [-0.3, -0.25) is 10.1 Å². The lowest BCUT2D eigenvalue weighted by atomic mass is 10.1. The maximum Gasteiger partial charge on any atom is 0.372 e. The fourth-order valence-electron chi connectivity index (χ4n) is 2.29. The van der Waals surface area contributed by atoms with Crippen LogP contribution in [0.15, 0.2) is 52.8 Å². The summed E-state index contributed by atoms with van der Waals surface area (Å²) >= 11 is 0.995. The molecule has 0 saturated carbocycles. The van der Waals surface area contributed by atoms with Gasteiger partial charge in [-0.15, -0.1) is 10.2 Å². The van der Waals surface area contributed by atoms with E-state index >= 15 is 0 Å². The van der Waals surface area contributed by atoms with Gasteiger partial charge in [-0.1, -0.05) is 11.3 Å². The van der Waals surface area contributed by atoms with E-state index in [0.29, 0.717) is 21.8 Å². The van der Waals surface area contributed by atoms with Crippen LogP contribution in [0.4, 0.5) is 16.4 Å². The SMILES string of the molecule is Cc1cc(/N=N/c2cnc(C(=O)Oc3ccc([N+](=O)[O-])cc3)s2)cc(C)c1O. The van der Waals surface area contributed by atoms with Crippen LogP contribution in [-0.2, 0) is 0 Å². The largest absolute Gasteiger partial charge is 0.507 e. The molecule has 0 aliphatic carbocycles. The summed E-state index contributed by atoms with van der Waals surface area (Å²) in [5.74, 6) is -0.311. The van der Waals surface area contributed by atoms with Crippen molar-refractivity contribution in [2.24, 2.45) is 10.2 Å². The lowest BCUT2D eigenvalue weighted by Crippen LogP contribution is -2.07. The molecule has 1 heterocycles. The van der Waals surface area contributed by atoms with Gasteiger partial charge in [-0.25, -0.2) is 9.78 Å². The summed E-state index contributed by atoms with van der Waals surface area (Å²) in [6.07, 6.45) is 1.39. The quantitative estimate of drug-likeness (QED) is 0.212. The van der Waals surface area contributed by atoms with Gasteiger partial charge in [-0.05, 0) is 49.2 Å². The molecule has 9 nitrogen and oxygen atoms in total. The first-order valence-corrected chi connectivity index (χ1v) is 8.79. The highest BCUT2D eigenvalue weighted by molar-refractivity contribution is 7.17. The van der Waals surface area contributed by atoms with Gasteiger partial charge in [0.1, 0.15) is 11.5 Å². The number of ether oxygens (including phenoxy) is 1. The Morgan fingerprint density at radius 2 is 1.82 bits per heavy atom. The van der Waals surface area contributed by atoms with Crippen LogP contribution in [0.25, 0.3) is 0 Å². The number of phenolic OH excluding ortho intramolecular Hbond substituents is 1. The van der Waals surface area contributed by atoms with Crippen LogP contribution in [0.3, 0.4) is 0 Å². The van der Waals surface area contributed by atoms with Crippen molar-refractivity contribution in [2.75, 3.05) is 0 Å². The van der Waals surface area contributed by atoms with E-state index in [2.05, 4.69) is 15.2 Å². The predicted molar refractivity (Wildman–Crippen MR) is 102 cm³/mol. The van der Waals surface area contributed by atoms with Crippen molar-refractivity contribution < 1.29 is 19.6 Å². The number of carbonyl (C=O) groups excluding carboxylic acids is 1. The molecule has 3 rings (SSSR count). The van der Waals surface area contributed by atoms with Gasteiger partial charge >= 0.3 is 5.97 Å². The first-order chi connectivity index (χ1) is 13.3. The molecule has 0 atom stereocenters. The molecule has 1 aromatic heterocycles. The standard InChI is InChI=1S/C18H14N4O5S/c1-10-7-12(8-11(2)16(10)23)20-21-15-9-19-17(28-15)18(24)27-14-5-3-13(4-6-14)22(25)26/h3-9,23H,1-2H3/b21-20+. The van der Waals surface area contributed by atoms with Crippen molar-refractivity contribution >= 4 is 33.7 Å². The Hall–Kier alpha value is -3.66. The van der Waals surface area contributed by atoms with Gasteiger partial charge in [0.05, 0.1) is 16.8 Å². The number of nitro groups is 1. The molecule has 0 bridgehead atoms. The molecule has 0 aliphatic rings. The molecule has 0 spiro atoms. The molecule has 0 unspecified atom stereocenters. The van der Waals surface area contributed by atoms with Gasteiger partial charge in [0.2, 0.25) is 5.01 Å². The fourth-order valence-corrected chi connectivity index (χ4v) is 2.91. The third-order valence-corrected chi connectivity index (χ3v) is 4.53. The van der Waals surface area contributed by atoms with Crippen molar-refractivity contribution in [3.63, 3.8) is 0 Å². The number of aromatic nitrogens is 1. The first-order valence-electron chi connectivity index (χ1n) is 7.98. The van der Waals surface area contributed by atoms with E-state index in [9.17, 15) is 20.0 Å². The number of nitro benzene ring substituents is 1. The van der Waals surface area contributed by atoms with Crippen LogP contribution in [0, 0.1) is 24.0 Å². The second kappa shape index (κ2) is 7.92. The van der Waals surface area contributed by atoms with Crippen molar-refractivity contribution in [1.29, 1.82) is 0 Å². The number of rotatable bonds is 5. The summed E-state index contributed by atoms with van der Waals surface area (Å²) in [6.45, 7) is 3.53. The van der Waals surface area contributed by atoms with Gasteiger partial charge in [0.25, 0.3) is 5.69 Å². The highest BCUT2D eigenvalue weighted by Crippen LogP contribution is 2.30. The van der Waals surface area contributed by atoms with E-state index in [-0.39, 0.29) is 22.2 Å². The number of aryl methyl sites for hydroxylation is 2. The zero-order valence-corrected chi connectivity index (χ0v) is 15.6. The van der Waals surface area contributed by atoms with E-state index in [1.54, 1.807) is 26.0 Å². The van der Waals surface area contributed by atoms with Crippen LogP contribution in [0.2, 0.25) is 0 Å². The number of benzene rings is 2. The molecule has 0 amide bonds. The van der Waals surface area contributed by atoms with Crippen LogP contribution in [0.5, 0.6) is 11.5 Å². The molecule has 3 aromatic rings. The third-order valence-electron chi connectivity index (χ3n) is 3.67. The number of esters is 1. The highest BCUT2D eigenvalue weighted by atomic mass is 32.1. The highest BCUT2D eigenvalue weighted by Gasteiger charge is 2.15. The summed E-state index contributed by atoms with van der Waals surface area (Å²) in [4.78, 5) is 26.2. The summed E-state index contributed by atoms with van der Waals surface area (Å²) in [5, 5.41) is 29.0. The Balaban J connectivity index is 1.69. The second-order valence-electron chi connectivity index (χ2n) is 5.77. The smallest absolute Gasteiger partial charge is 0.372 e. The average molecular weight is 398 g/mol. The Labute approximate surface area is 163 Å². The zero-order valence-electron chi connectivity index (χ0n) is 14.8. The number of aromatic hydroxyl groups is 1. The summed E-state index contributed by atoms with van der Waals surface area (Å²) in [6, 6.07) is 8.53. The zero-order chi connectivity index (χ0) is 20.3. The number of non-ortho nitro benzene ring substituents is 1. The number of hydrogen-bond acceptors (Lipinski definition) is 9. The number of hydrogen-bond donors (Lipinski definition) is 1. The van der Waals surface area contributed by atoms with Crippen LogP contribution >= 0.6 is 11.3 Å². The Bertz CT molecular complexity index is 1050. The van der Waals surface area contributed by atoms with Crippen molar-refractivity contribution in [1.82, 2.24) is 4.98 Å². The number of azo groups is 1. The van der Waals surface area contributed by atoms with Gasteiger partial charge < -0.3 is 9.84 Å². The van der Waals surface area contributed by atoms with Crippen LogP contribution < -0.4 is 4.74 Å². The topological polar surface area (TPSA) is 127 Å². The van der Waals surface area contributed by atoms with E-state index in [4.69, 9.17) is 4.74 Å². The maximum absolute atomic E-state index is 12.1. The molecular weight excluding hydrogens is 384 g/mol. The Morgan fingerprint density at radius 1 is 1.18 bits per heavy atom. The molecule has 28 heavy (non-hydrogen) atoms. The fraction of sp³-hybridized carbons (Fsp3) is 0.111. The molecule has 142 valence electrons. The van der Waals surface area contributed by atoms with Gasteiger partial charge in [0.15, 0.2) is 5.00 Å². The Morgan fingerprint density at radius 3 is 2.43 bits per heavy atom. The summed E-state index contributed by atoms with van der Waals surface area (Å²) in [7, 11) is 0. The molecule has 0 radical (unpaired) electrons. The van der Waals surface area contributed by atoms with Gasteiger partial charge in [-0.2, -0.15) is 0 Å². The van der Waals surface area contributed by atoms with E-state index < -0.39 is 10.9 Å². The molecular formula is C18H14N4O5S. The first kappa shape index (κ1) is 19.1. The summed E-state index contributed by atoms with van der Waals surface area (Å²) in [5.41, 5.74) is 1.84. The maximum atomic E-state index is 12.1. The van der Waals surface area contributed by atoms with Crippen molar-refractivity contribution in [3.05, 3.63) is 68.8 Å². The van der Waals surface area contributed by atoms with Crippen molar-refractivity contribution in [3.8, 4) is 11.5 Å². The van der Waals surface area contributed by atoms with Crippen molar-refractivity contribution in [2.45, 2.75) is 13.8 Å². The molecule has 0 fully saturated rings. The summed E-state index contributed by atoms with van der Waals surface area (Å²) < 4.78 is 5.14. The van der Waals surface area contributed by atoms with E-state index in [1.165, 1.54) is 30.5 Å². The molecule has 10 heteroatoms. The second-order valence-corrected chi connectivity index (χ2v) is 6.78. The average Bonchev–Trinajstić information content (AvgIpc) is 3.14.